The van der Waals surface area contributed by atoms with E-state index in [1.165, 1.54) is 10.5 Å². The lowest BCUT2D eigenvalue weighted by molar-refractivity contribution is -0.823. The highest BCUT2D eigenvalue weighted by Gasteiger charge is 2.06. The van der Waals surface area contributed by atoms with Crippen molar-refractivity contribution in [3.63, 3.8) is 0 Å². The van der Waals surface area contributed by atoms with Crippen LogP contribution in [-0.4, -0.2) is 68.4 Å². The summed E-state index contributed by atoms with van der Waals surface area (Å²) in [6, 6.07) is 0.310. The summed E-state index contributed by atoms with van der Waals surface area (Å²) in [6.07, 6.45) is 4.54. The van der Waals surface area contributed by atoms with E-state index in [9.17, 15) is 0 Å². The van der Waals surface area contributed by atoms with Gasteiger partial charge in [0.25, 0.3) is 0 Å². The molecule has 0 fully saturated rings. The highest BCUT2D eigenvalue weighted by Crippen LogP contribution is 2.06. The smallest absolute Gasteiger partial charge is 0.198 e. The maximum absolute atomic E-state index is 4.00. The summed E-state index contributed by atoms with van der Waals surface area (Å²) in [5, 5.41) is 42.3. The number of nitrogens with zero attached hydrogens (tertiary/aromatic N) is 12. The van der Waals surface area contributed by atoms with Crippen LogP contribution in [0.4, 0.5) is 0 Å². The molecule has 1 aliphatic rings. The SMILES string of the molecule is C.CC.CC.CC(C)C1=NN=CC1.CC(C)[n+]1nnn[nH]1.CC(C)c1cn[nH]n1.CC(C)c1nnn(C)n1. The van der Waals surface area contributed by atoms with Gasteiger partial charge in [-0.3, -0.25) is 0 Å². The molecule has 14 nitrogen and oxygen atoms in total. The highest BCUT2D eigenvalue weighted by atomic mass is 15.7. The number of aryl methyl sites for hydroxylation is 1. The van der Waals surface area contributed by atoms with Gasteiger partial charge in [-0.15, -0.1) is 10.2 Å². The molecular formula is C24H53N14+. The largest absolute Gasteiger partial charge is 0.231 e. The molecule has 3 aromatic heterocycles. The van der Waals surface area contributed by atoms with Crippen LogP contribution in [-0.2, 0) is 7.05 Å². The standard InChI is InChI=1S/C6H10N2.C5H10N4.C5H9N3.C3H7N5.2C2H6.CH4/c1-5(2)6-3-4-7-8-6;1-4(2)5-6-8-9(3)7-5;1-4(2)5-3-6-8-7-5;1-3(2)8-6-4-5-7-8;2*1-2;/h4-5H,3H2,1-2H3;4H,1-3H3;3-4H,1-2H3,(H,6,7,8);3H,1-2H3;2*1-2H3;1H4/p+1. The summed E-state index contributed by atoms with van der Waals surface area (Å²) in [4.78, 5) is 3.04. The zero-order valence-corrected chi connectivity index (χ0v) is 25.0. The predicted molar refractivity (Wildman–Crippen MR) is 153 cm³/mol. The molecule has 218 valence electrons. The van der Waals surface area contributed by atoms with Crippen molar-refractivity contribution >= 4 is 11.9 Å². The predicted octanol–water partition coefficient (Wildman–Crippen LogP) is 4.49. The summed E-state index contributed by atoms with van der Waals surface area (Å²) >= 11 is 0. The minimum absolute atomic E-state index is 0. The fraction of sp³-hybridized carbons (Fsp3) is 0.792. The molecule has 38 heavy (non-hydrogen) atoms. The summed E-state index contributed by atoms with van der Waals surface area (Å²) in [5.74, 6) is 2.22. The minimum Gasteiger partial charge on any atom is -0.198 e. The maximum Gasteiger partial charge on any atom is 0.231 e. The molecule has 0 bridgehead atoms. The van der Waals surface area contributed by atoms with Gasteiger partial charge in [0.2, 0.25) is 10.4 Å². The average molecular weight is 538 g/mol. The van der Waals surface area contributed by atoms with Crippen molar-refractivity contribution in [3.05, 3.63) is 17.7 Å². The average Bonchev–Trinajstić information content (AvgIpc) is 3.69. The molecule has 0 saturated heterocycles. The molecule has 2 N–H and O–H groups in total. The van der Waals surface area contributed by atoms with Crippen molar-refractivity contribution in [2.45, 2.75) is 115 Å². The van der Waals surface area contributed by atoms with E-state index in [2.05, 4.69) is 89.6 Å². The Balaban J connectivity index is -0.000000408. The van der Waals surface area contributed by atoms with Crippen molar-refractivity contribution < 1.29 is 4.80 Å². The van der Waals surface area contributed by atoms with Crippen molar-refractivity contribution in [3.8, 4) is 0 Å². The van der Waals surface area contributed by atoms with Crippen LogP contribution < -0.4 is 4.80 Å². The first-order valence-electron chi connectivity index (χ1n) is 12.9. The molecule has 0 radical (unpaired) electrons. The first kappa shape index (κ1) is 39.1. The second kappa shape index (κ2) is 23.9. The zero-order valence-electron chi connectivity index (χ0n) is 25.0. The third kappa shape index (κ3) is 17.9. The Bertz CT molecular complexity index is 885. The number of aromatic nitrogens is 12. The lowest BCUT2D eigenvalue weighted by atomic mass is 10.1. The van der Waals surface area contributed by atoms with Crippen LogP contribution in [0.25, 0.3) is 0 Å². The highest BCUT2D eigenvalue weighted by molar-refractivity contribution is 5.99. The van der Waals surface area contributed by atoms with E-state index in [-0.39, 0.29) is 7.43 Å². The van der Waals surface area contributed by atoms with Crippen molar-refractivity contribution in [1.29, 1.82) is 0 Å². The zero-order chi connectivity index (χ0) is 28.8. The minimum atomic E-state index is 0. The van der Waals surface area contributed by atoms with Crippen LogP contribution in [0.2, 0.25) is 0 Å². The van der Waals surface area contributed by atoms with Gasteiger partial charge in [0.1, 0.15) is 11.3 Å². The first-order chi connectivity index (χ1) is 17.6. The third-order valence-electron chi connectivity index (χ3n) is 4.12. The van der Waals surface area contributed by atoms with Crippen LogP contribution in [0.15, 0.2) is 16.4 Å². The van der Waals surface area contributed by atoms with Gasteiger partial charge >= 0.3 is 0 Å². The lowest BCUT2D eigenvalue weighted by Crippen LogP contribution is -2.41. The summed E-state index contributed by atoms with van der Waals surface area (Å²) in [6.45, 7) is 24.5. The van der Waals surface area contributed by atoms with E-state index in [0.717, 1.165) is 17.9 Å². The van der Waals surface area contributed by atoms with Gasteiger partial charge in [-0.1, -0.05) is 86.7 Å². The van der Waals surface area contributed by atoms with Gasteiger partial charge in [-0.25, -0.2) is 0 Å². The second-order valence-corrected chi connectivity index (χ2v) is 8.41. The number of rotatable bonds is 4. The monoisotopic (exact) mass is 537 g/mol. The Labute approximate surface area is 229 Å². The van der Waals surface area contributed by atoms with E-state index in [4.69, 9.17) is 0 Å². The molecule has 4 heterocycles. The molecule has 0 amide bonds. The van der Waals surface area contributed by atoms with E-state index in [1.807, 2.05) is 61.6 Å². The van der Waals surface area contributed by atoms with E-state index >= 15 is 0 Å². The summed E-state index contributed by atoms with van der Waals surface area (Å²) in [7, 11) is 1.76. The van der Waals surface area contributed by atoms with E-state index < -0.39 is 0 Å². The number of tetrazole rings is 1. The number of H-pyrrole nitrogens is 2. The fourth-order valence-corrected chi connectivity index (χ4v) is 2.03. The van der Waals surface area contributed by atoms with Crippen LogP contribution in [0.1, 0.15) is 126 Å². The Morgan fingerprint density at radius 1 is 0.921 bits per heavy atom. The quantitative estimate of drug-likeness (QED) is 0.459. The van der Waals surface area contributed by atoms with Gasteiger partial charge in [0.05, 0.1) is 18.9 Å². The van der Waals surface area contributed by atoms with Gasteiger partial charge < -0.3 is 0 Å². The topological polar surface area (TPSA) is 168 Å². The van der Waals surface area contributed by atoms with E-state index in [0.29, 0.717) is 23.8 Å². The Morgan fingerprint density at radius 3 is 1.76 bits per heavy atom. The fourth-order valence-electron chi connectivity index (χ4n) is 2.03. The second-order valence-electron chi connectivity index (χ2n) is 8.41. The first-order valence-corrected chi connectivity index (χ1v) is 12.9. The third-order valence-corrected chi connectivity index (χ3v) is 4.12. The molecule has 3 aromatic rings. The van der Waals surface area contributed by atoms with Crippen LogP contribution in [0, 0.1) is 5.92 Å². The molecule has 1 aliphatic heterocycles. The molecule has 0 unspecified atom stereocenters. The normalized spacial score (nSPS) is 10.9. The van der Waals surface area contributed by atoms with Gasteiger partial charge in [-0.2, -0.15) is 30.4 Å². The van der Waals surface area contributed by atoms with Gasteiger partial charge in [-0.05, 0) is 30.9 Å². The molecule has 0 saturated carbocycles. The van der Waals surface area contributed by atoms with Crippen molar-refractivity contribution in [1.82, 2.24) is 56.5 Å². The maximum atomic E-state index is 4.00. The van der Waals surface area contributed by atoms with E-state index in [1.54, 1.807) is 18.0 Å². The molecule has 4 rings (SSSR count). The van der Waals surface area contributed by atoms with Crippen molar-refractivity contribution in [2.75, 3.05) is 0 Å². The molecule has 0 aromatic carbocycles. The molecule has 0 atom stereocenters. The number of nitrogens with one attached hydrogen (secondary N) is 2. The lowest BCUT2D eigenvalue weighted by Gasteiger charge is -1.98. The number of hydrogen-bond acceptors (Lipinski definition) is 10. The molecule has 14 heteroatoms. The van der Waals surface area contributed by atoms with Crippen LogP contribution in [0.3, 0.4) is 0 Å². The van der Waals surface area contributed by atoms with Crippen LogP contribution in [0.5, 0.6) is 0 Å². The molecule has 0 aliphatic carbocycles. The summed E-state index contributed by atoms with van der Waals surface area (Å²) < 4.78 is 0. The van der Waals surface area contributed by atoms with Gasteiger partial charge in [0.15, 0.2) is 5.82 Å². The Hall–Kier alpha value is -3.45. The number of hydrogen-bond donors (Lipinski definition) is 2. The van der Waals surface area contributed by atoms with Crippen molar-refractivity contribution in [2.24, 2.45) is 23.2 Å². The Kier molecular flexibility index (Phi) is 24.6. The Morgan fingerprint density at radius 2 is 1.55 bits per heavy atom. The molecule has 0 spiro atoms. The van der Waals surface area contributed by atoms with Gasteiger partial charge in [0, 0.05) is 24.3 Å². The number of aromatic amines is 2. The summed E-state index contributed by atoms with van der Waals surface area (Å²) in [5.41, 5.74) is 2.22. The molecular weight excluding hydrogens is 484 g/mol. The van der Waals surface area contributed by atoms with Crippen LogP contribution >= 0.6 is 0 Å².